The first-order valence-electron chi connectivity index (χ1n) is 5.47. The summed E-state index contributed by atoms with van der Waals surface area (Å²) in [6.45, 7) is 2.45. The maximum atomic E-state index is 11.6. The molecule has 1 aromatic rings. The fraction of sp³-hybridized carbons (Fsp3) is 0.600. The second-order valence-corrected chi connectivity index (χ2v) is 7.10. The van der Waals surface area contributed by atoms with Gasteiger partial charge in [0.1, 0.15) is 5.02 Å². The number of nitrogens with zero attached hydrogens (tertiary/aromatic N) is 3. The second kappa shape index (κ2) is 4.89. The number of halogens is 1. The summed E-state index contributed by atoms with van der Waals surface area (Å²) >= 11 is 6.03. The maximum Gasteiger partial charge on any atom is 0.318 e. The zero-order valence-electron chi connectivity index (χ0n) is 10.1. The quantitative estimate of drug-likeness (QED) is 0.801. The van der Waals surface area contributed by atoms with Gasteiger partial charge in [-0.2, -0.15) is 4.98 Å². The van der Waals surface area contributed by atoms with E-state index in [1.807, 2.05) is 4.90 Å². The van der Waals surface area contributed by atoms with Gasteiger partial charge in [-0.15, -0.1) is 0 Å². The highest BCUT2D eigenvalue weighted by atomic mass is 35.5. The summed E-state index contributed by atoms with van der Waals surface area (Å²) in [4.78, 5) is 9.90. The second-order valence-electron chi connectivity index (χ2n) is 4.15. The summed E-state index contributed by atoms with van der Waals surface area (Å²) in [5.74, 6) is 0.627. The summed E-state index contributed by atoms with van der Waals surface area (Å²) in [6, 6.07) is 0.218. The van der Waals surface area contributed by atoms with Crippen LogP contribution >= 0.6 is 11.6 Å². The van der Waals surface area contributed by atoms with Crippen LogP contribution in [0.2, 0.25) is 5.02 Å². The largest absolute Gasteiger partial charge is 0.467 e. The van der Waals surface area contributed by atoms with Crippen molar-refractivity contribution >= 4 is 27.3 Å². The Morgan fingerprint density at radius 1 is 1.56 bits per heavy atom. The number of sulfone groups is 1. The minimum atomic E-state index is -2.99. The van der Waals surface area contributed by atoms with E-state index in [0.717, 1.165) is 0 Å². The zero-order chi connectivity index (χ0) is 13.3. The number of hydrogen-bond donors (Lipinski definition) is 0. The van der Waals surface area contributed by atoms with Crippen LogP contribution in [0.3, 0.4) is 0 Å². The van der Waals surface area contributed by atoms with Crippen molar-refractivity contribution in [3.05, 3.63) is 11.2 Å². The van der Waals surface area contributed by atoms with Crippen molar-refractivity contribution in [3.63, 3.8) is 0 Å². The summed E-state index contributed by atoms with van der Waals surface area (Å²) in [5.41, 5.74) is 0. The molecule has 18 heavy (non-hydrogen) atoms. The van der Waals surface area contributed by atoms with E-state index >= 15 is 0 Å². The highest BCUT2D eigenvalue weighted by Gasteiger charge is 2.31. The molecule has 0 spiro atoms. The third kappa shape index (κ3) is 2.51. The van der Waals surface area contributed by atoms with Gasteiger partial charge in [0, 0.05) is 13.1 Å². The van der Waals surface area contributed by atoms with Crippen LogP contribution in [0.25, 0.3) is 0 Å². The first kappa shape index (κ1) is 13.4. The van der Waals surface area contributed by atoms with Crippen LogP contribution in [0.15, 0.2) is 6.20 Å². The Balaban J connectivity index is 2.28. The van der Waals surface area contributed by atoms with E-state index < -0.39 is 15.1 Å². The van der Waals surface area contributed by atoms with Crippen molar-refractivity contribution in [2.75, 3.05) is 30.9 Å². The van der Waals surface area contributed by atoms with Gasteiger partial charge in [0.25, 0.3) is 0 Å². The van der Waals surface area contributed by atoms with E-state index in [-0.39, 0.29) is 11.8 Å². The van der Waals surface area contributed by atoms with Gasteiger partial charge in [-0.1, -0.05) is 11.6 Å². The van der Waals surface area contributed by atoms with Crippen LogP contribution < -0.4 is 9.64 Å². The van der Waals surface area contributed by atoms with Crippen molar-refractivity contribution in [2.45, 2.75) is 12.2 Å². The first-order valence-corrected chi connectivity index (χ1v) is 7.56. The third-order valence-electron chi connectivity index (χ3n) is 2.92. The molecule has 2 heterocycles. The molecule has 0 aliphatic carbocycles. The number of methoxy groups -OCH3 is 1. The zero-order valence-corrected chi connectivity index (χ0v) is 11.7. The fourth-order valence-corrected chi connectivity index (χ4v) is 3.30. The van der Waals surface area contributed by atoms with Gasteiger partial charge in [0.05, 0.1) is 24.3 Å². The average molecular weight is 292 g/mol. The minimum Gasteiger partial charge on any atom is -0.467 e. The van der Waals surface area contributed by atoms with Crippen molar-refractivity contribution in [1.82, 2.24) is 9.97 Å². The Hall–Kier alpha value is -1.08. The summed E-state index contributed by atoms with van der Waals surface area (Å²) < 4.78 is 28.2. The van der Waals surface area contributed by atoms with Gasteiger partial charge >= 0.3 is 6.01 Å². The standard InChI is InChI=1S/C10H14ClN3O3S/c1-7-6-14(3-4-18(7,15)16)9-8(11)5-12-10(13-9)17-2/h5,7H,3-4,6H2,1-2H3. The molecule has 1 aliphatic rings. The van der Waals surface area contributed by atoms with Crippen LogP contribution in [-0.4, -0.2) is 49.6 Å². The van der Waals surface area contributed by atoms with Gasteiger partial charge in [-0.05, 0) is 6.92 Å². The molecule has 8 heteroatoms. The normalized spacial score (nSPS) is 22.8. The number of rotatable bonds is 2. The maximum absolute atomic E-state index is 11.6. The molecule has 0 aromatic carbocycles. The van der Waals surface area contributed by atoms with E-state index in [1.54, 1.807) is 6.92 Å². The van der Waals surface area contributed by atoms with Crippen molar-refractivity contribution in [1.29, 1.82) is 0 Å². The summed E-state index contributed by atoms with van der Waals surface area (Å²) in [7, 11) is -1.52. The molecule has 1 atom stereocenters. The topological polar surface area (TPSA) is 72.4 Å². The molecule has 0 bridgehead atoms. The van der Waals surface area contributed by atoms with Crippen LogP contribution in [-0.2, 0) is 9.84 Å². The van der Waals surface area contributed by atoms with Crippen LogP contribution in [0.5, 0.6) is 6.01 Å². The van der Waals surface area contributed by atoms with Gasteiger partial charge in [-0.3, -0.25) is 0 Å². The van der Waals surface area contributed by atoms with Crippen molar-refractivity contribution < 1.29 is 13.2 Å². The molecule has 1 aromatic heterocycles. The third-order valence-corrected chi connectivity index (χ3v) is 5.32. The lowest BCUT2D eigenvalue weighted by Gasteiger charge is -2.32. The monoisotopic (exact) mass is 291 g/mol. The molecule has 1 aliphatic heterocycles. The van der Waals surface area contributed by atoms with Gasteiger partial charge < -0.3 is 9.64 Å². The van der Waals surface area contributed by atoms with Crippen molar-refractivity contribution in [3.8, 4) is 6.01 Å². The molecule has 100 valence electrons. The lowest BCUT2D eigenvalue weighted by atomic mass is 10.3. The molecule has 0 N–H and O–H groups in total. The number of hydrogen-bond acceptors (Lipinski definition) is 6. The van der Waals surface area contributed by atoms with E-state index in [9.17, 15) is 8.42 Å². The van der Waals surface area contributed by atoms with Gasteiger partial charge in [0.2, 0.25) is 0 Å². The summed E-state index contributed by atoms with van der Waals surface area (Å²) in [6.07, 6.45) is 1.45. The summed E-state index contributed by atoms with van der Waals surface area (Å²) in [5, 5.41) is -0.0365. The van der Waals surface area contributed by atoms with E-state index in [2.05, 4.69) is 9.97 Å². The average Bonchev–Trinajstić information content (AvgIpc) is 2.34. The Bertz CT molecular complexity index is 549. The minimum absolute atomic E-state index is 0.108. The molecule has 0 saturated carbocycles. The van der Waals surface area contributed by atoms with E-state index in [1.165, 1.54) is 13.3 Å². The van der Waals surface area contributed by atoms with Crippen LogP contribution in [0.1, 0.15) is 6.92 Å². The highest BCUT2D eigenvalue weighted by molar-refractivity contribution is 7.92. The first-order chi connectivity index (χ1) is 8.44. The smallest absolute Gasteiger partial charge is 0.318 e. The molecule has 1 unspecified atom stereocenters. The van der Waals surface area contributed by atoms with E-state index in [4.69, 9.17) is 16.3 Å². The number of anilines is 1. The molecule has 2 rings (SSSR count). The van der Waals surface area contributed by atoms with E-state index in [0.29, 0.717) is 23.9 Å². The number of aromatic nitrogens is 2. The predicted molar refractivity (Wildman–Crippen MR) is 69.1 cm³/mol. The lowest BCUT2D eigenvalue weighted by Crippen LogP contribution is -2.46. The fourth-order valence-electron chi connectivity index (χ4n) is 1.81. The molecule has 0 amide bonds. The Labute approximate surface area is 111 Å². The predicted octanol–water partition coefficient (Wildman–Crippen LogP) is 0.762. The van der Waals surface area contributed by atoms with Gasteiger partial charge in [-0.25, -0.2) is 13.4 Å². The Morgan fingerprint density at radius 2 is 2.28 bits per heavy atom. The molecule has 6 nitrogen and oxygen atoms in total. The Morgan fingerprint density at radius 3 is 2.89 bits per heavy atom. The molecule has 0 radical (unpaired) electrons. The van der Waals surface area contributed by atoms with Crippen LogP contribution in [0.4, 0.5) is 5.82 Å². The molecular formula is C10H14ClN3O3S. The van der Waals surface area contributed by atoms with Crippen molar-refractivity contribution in [2.24, 2.45) is 0 Å². The SMILES string of the molecule is COc1ncc(Cl)c(N2CCS(=O)(=O)C(C)C2)n1. The number of ether oxygens (including phenoxy) is 1. The molecular weight excluding hydrogens is 278 g/mol. The molecule has 1 fully saturated rings. The highest BCUT2D eigenvalue weighted by Crippen LogP contribution is 2.27. The molecule has 1 saturated heterocycles. The lowest BCUT2D eigenvalue weighted by molar-refractivity contribution is 0.379. The Kier molecular flexibility index (Phi) is 3.63. The van der Waals surface area contributed by atoms with Crippen LogP contribution in [0, 0.1) is 0 Å². The van der Waals surface area contributed by atoms with Gasteiger partial charge in [0.15, 0.2) is 15.7 Å².